The molecule has 0 unspecified atom stereocenters. The first-order chi connectivity index (χ1) is 15.5. The zero-order valence-electron chi connectivity index (χ0n) is 17.4. The van der Waals surface area contributed by atoms with Crippen LogP contribution in [0.3, 0.4) is 0 Å². The molecule has 1 heterocycles. The summed E-state index contributed by atoms with van der Waals surface area (Å²) in [6.07, 6.45) is 1.54. The zero-order valence-corrected chi connectivity index (χ0v) is 18.1. The minimum absolute atomic E-state index is 0.0396. The Bertz CT molecular complexity index is 1180. The first kappa shape index (κ1) is 21.5. The second-order valence-electron chi connectivity index (χ2n) is 7.12. The van der Waals surface area contributed by atoms with E-state index in [1.807, 2.05) is 31.2 Å². The highest BCUT2D eigenvalue weighted by atomic mass is 35.5. The van der Waals surface area contributed by atoms with E-state index >= 15 is 0 Å². The molecule has 2 amide bonds. The van der Waals surface area contributed by atoms with E-state index < -0.39 is 11.8 Å². The Morgan fingerprint density at radius 3 is 2.44 bits per heavy atom. The van der Waals surface area contributed by atoms with Crippen molar-refractivity contribution in [2.45, 2.75) is 6.92 Å². The third-order valence-electron chi connectivity index (χ3n) is 4.86. The maximum absolute atomic E-state index is 12.8. The molecule has 0 radical (unpaired) electrons. The molecule has 1 aliphatic heterocycles. The van der Waals surface area contributed by atoms with E-state index in [-0.39, 0.29) is 12.2 Å². The van der Waals surface area contributed by atoms with Crippen LogP contribution >= 0.6 is 11.6 Å². The third kappa shape index (κ3) is 4.76. The predicted octanol–water partition coefficient (Wildman–Crippen LogP) is 4.57. The van der Waals surface area contributed by atoms with Crippen LogP contribution in [0.15, 0.2) is 78.4 Å². The van der Waals surface area contributed by atoms with Gasteiger partial charge in [0.25, 0.3) is 11.8 Å². The molecule has 1 N–H and O–H groups in total. The van der Waals surface area contributed by atoms with E-state index in [0.717, 1.165) is 5.56 Å². The number of hydrogen-bond acceptors (Lipinski definition) is 4. The van der Waals surface area contributed by atoms with Gasteiger partial charge in [-0.25, -0.2) is 5.01 Å². The second-order valence-corrected chi connectivity index (χ2v) is 7.53. The Labute approximate surface area is 191 Å². The van der Waals surface area contributed by atoms with Gasteiger partial charge in [-0.05, 0) is 55.0 Å². The number of nitrogens with zero attached hydrogens (tertiary/aromatic N) is 1. The summed E-state index contributed by atoms with van der Waals surface area (Å²) < 4.78 is 11.6. The first-order valence-corrected chi connectivity index (χ1v) is 10.4. The van der Waals surface area contributed by atoms with Crippen LogP contribution in [0.4, 0.5) is 5.69 Å². The lowest BCUT2D eigenvalue weighted by molar-refractivity contribution is -0.117. The molecule has 3 aromatic rings. The molecule has 3 aromatic carbocycles. The number of nitrogens with one attached hydrogen (secondary N) is 1. The SMILES string of the molecule is Cc1cc(OCCOc2ccccc2C=C2C(=O)NN(c3ccccc3)C2=O)ccc1Cl. The van der Waals surface area contributed by atoms with Gasteiger partial charge in [0.05, 0.1) is 5.69 Å². The molecule has 0 spiro atoms. The van der Waals surface area contributed by atoms with Gasteiger partial charge >= 0.3 is 0 Å². The van der Waals surface area contributed by atoms with Crippen molar-refractivity contribution in [1.82, 2.24) is 5.43 Å². The molecule has 0 aliphatic carbocycles. The molecule has 6 nitrogen and oxygen atoms in total. The van der Waals surface area contributed by atoms with Crippen molar-refractivity contribution in [2.24, 2.45) is 0 Å². The van der Waals surface area contributed by atoms with Crippen LogP contribution in [0.25, 0.3) is 6.08 Å². The summed E-state index contributed by atoms with van der Waals surface area (Å²) >= 11 is 6.03. The van der Waals surface area contributed by atoms with Gasteiger partial charge in [0, 0.05) is 10.6 Å². The molecule has 0 bridgehead atoms. The van der Waals surface area contributed by atoms with Gasteiger partial charge < -0.3 is 9.47 Å². The Morgan fingerprint density at radius 1 is 0.938 bits per heavy atom. The first-order valence-electron chi connectivity index (χ1n) is 10.1. The summed E-state index contributed by atoms with van der Waals surface area (Å²) in [7, 11) is 0. The third-order valence-corrected chi connectivity index (χ3v) is 5.29. The van der Waals surface area contributed by atoms with Crippen molar-refractivity contribution in [3.05, 3.63) is 94.5 Å². The van der Waals surface area contributed by atoms with Crippen molar-refractivity contribution in [3.8, 4) is 11.5 Å². The molecule has 0 atom stereocenters. The minimum atomic E-state index is -0.463. The van der Waals surface area contributed by atoms with E-state index in [2.05, 4.69) is 5.43 Å². The average molecular weight is 449 g/mol. The number of halogens is 1. The molecule has 1 aliphatic rings. The summed E-state index contributed by atoms with van der Waals surface area (Å²) in [6.45, 7) is 2.53. The van der Waals surface area contributed by atoms with Crippen LogP contribution in [0.5, 0.6) is 11.5 Å². The molecule has 32 heavy (non-hydrogen) atoms. The number of benzene rings is 3. The molecule has 162 valence electrons. The zero-order chi connectivity index (χ0) is 22.5. The van der Waals surface area contributed by atoms with Gasteiger partial charge in [0.15, 0.2) is 0 Å². The van der Waals surface area contributed by atoms with E-state index in [9.17, 15) is 9.59 Å². The van der Waals surface area contributed by atoms with E-state index in [0.29, 0.717) is 34.4 Å². The van der Waals surface area contributed by atoms with Gasteiger partial charge in [0.1, 0.15) is 30.3 Å². The number of ether oxygens (including phenoxy) is 2. The number of amides is 2. The maximum atomic E-state index is 12.8. The molecule has 7 heteroatoms. The van der Waals surface area contributed by atoms with Crippen LogP contribution in [-0.4, -0.2) is 25.0 Å². The lowest BCUT2D eigenvalue weighted by atomic mass is 10.1. The highest BCUT2D eigenvalue weighted by Gasteiger charge is 2.34. The number of aryl methyl sites for hydroxylation is 1. The van der Waals surface area contributed by atoms with E-state index in [1.165, 1.54) is 5.01 Å². The normalized spacial score (nSPS) is 14.6. The van der Waals surface area contributed by atoms with Crippen molar-refractivity contribution < 1.29 is 19.1 Å². The van der Waals surface area contributed by atoms with E-state index in [4.69, 9.17) is 21.1 Å². The quantitative estimate of drug-likeness (QED) is 0.326. The van der Waals surface area contributed by atoms with Gasteiger partial charge in [-0.1, -0.05) is 48.0 Å². The fourth-order valence-electron chi connectivity index (χ4n) is 3.22. The topological polar surface area (TPSA) is 67.9 Å². The van der Waals surface area contributed by atoms with Crippen LogP contribution < -0.4 is 19.9 Å². The highest BCUT2D eigenvalue weighted by molar-refractivity contribution is 6.32. The predicted molar refractivity (Wildman–Crippen MR) is 124 cm³/mol. The van der Waals surface area contributed by atoms with Crippen molar-refractivity contribution in [1.29, 1.82) is 0 Å². The Hall–Kier alpha value is -3.77. The van der Waals surface area contributed by atoms with Gasteiger partial charge in [-0.15, -0.1) is 0 Å². The molecule has 0 saturated carbocycles. The second kappa shape index (κ2) is 9.58. The van der Waals surface area contributed by atoms with Crippen molar-refractivity contribution in [3.63, 3.8) is 0 Å². The number of carbonyl (C=O) groups is 2. The fraction of sp³-hybridized carbons (Fsp3) is 0.120. The van der Waals surface area contributed by atoms with Crippen molar-refractivity contribution in [2.75, 3.05) is 18.2 Å². The molecular weight excluding hydrogens is 428 g/mol. The Balaban J connectivity index is 1.44. The number of para-hydroxylation sites is 2. The fourth-order valence-corrected chi connectivity index (χ4v) is 3.34. The lowest BCUT2D eigenvalue weighted by Gasteiger charge is -2.14. The molecule has 1 saturated heterocycles. The summed E-state index contributed by atoms with van der Waals surface area (Å²) in [4.78, 5) is 25.2. The highest BCUT2D eigenvalue weighted by Crippen LogP contribution is 2.26. The summed E-state index contributed by atoms with van der Waals surface area (Å²) in [5, 5.41) is 1.92. The number of hydrazine groups is 1. The monoisotopic (exact) mass is 448 g/mol. The van der Waals surface area contributed by atoms with Crippen molar-refractivity contribution >= 4 is 35.2 Å². The van der Waals surface area contributed by atoms with Crippen LogP contribution in [0, 0.1) is 6.92 Å². The molecule has 0 aromatic heterocycles. The largest absolute Gasteiger partial charge is 0.490 e. The smallest absolute Gasteiger partial charge is 0.282 e. The molecular formula is C25H21ClN2O4. The maximum Gasteiger partial charge on any atom is 0.282 e. The summed E-state index contributed by atoms with van der Waals surface area (Å²) in [5.74, 6) is 0.377. The lowest BCUT2D eigenvalue weighted by Crippen LogP contribution is -2.35. The van der Waals surface area contributed by atoms with Gasteiger partial charge in [0.2, 0.25) is 0 Å². The average Bonchev–Trinajstić information content (AvgIpc) is 3.09. The number of carbonyl (C=O) groups excluding carboxylic acids is 2. The summed E-state index contributed by atoms with van der Waals surface area (Å²) in [5.41, 5.74) is 4.79. The van der Waals surface area contributed by atoms with E-state index in [1.54, 1.807) is 54.6 Å². The molecule has 1 fully saturated rings. The van der Waals surface area contributed by atoms with Crippen LogP contribution in [0.1, 0.15) is 11.1 Å². The minimum Gasteiger partial charge on any atom is -0.490 e. The molecule has 4 rings (SSSR count). The Kier molecular flexibility index (Phi) is 6.42. The van der Waals surface area contributed by atoms with Gasteiger partial charge in [-0.3, -0.25) is 15.0 Å². The summed E-state index contributed by atoms with van der Waals surface area (Å²) in [6, 6.07) is 21.6. The van der Waals surface area contributed by atoms with Crippen LogP contribution in [0.2, 0.25) is 5.02 Å². The number of anilines is 1. The van der Waals surface area contributed by atoms with Crippen LogP contribution in [-0.2, 0) is 9.59 Å². The standard InChI is InChI=1S/C25H21ClN2O4/c1-17-15-20(11-12-22(17)26)31-13-14-32-23-10-6-5-7-18(23)16-21-24(29)27-28(25(21)30)19-8-3-2-4-9-19/h2-12,15-16H,13-14H2,1H3,(H,27,29). The number of hydrogen-bond donors (Lipinski definition) is 1. The Morgan fingerprint density at radius 2 is 1.66 bits per heavy atom. The number of rotatable bonds is 7. The van der Waals surface area contributed by atoms with Gasteiger partial charge in [-0.2, -0.15) is 0 Å².